The van der Waals surface area contributed by atoms with Crippen molar-refractivity contribution in [3.8, 4) is 0 Å². The van der Waals surface area contributed by atoms with Crippen molar-refractivity contribution in [2.75, 3.05) is 6.54 Å². The largest absolute Gasteiger partial charge is 0.387 e. The third-order valence-electron chi connectivity index (χ3n) is 3.27. The van der Waals surface area contributed by atoms with Gasteiger partial charge in [-0.25, -0.2) is 0 Å². The summed E-state index contributed by atoms with van der Waals surface area (Å²) in [4.78, 5) is 0. The summed E-state index contributed by atoms with van der Waals surface area (Å²) in [5.41, 5.74) is 2.77. The molecule has 0 bridgehead atoms. The van der Waals surface area contributed by atoms with Crippen LogP contribution in [-0.2, 0) is 0 Å². The Balaban J connectivity index is 1.98. The van der Waals surface area contributed by atoms with Gasteiger partial charge in [-0.05, 0) is 26.0 Å². The molecule has 0 fully saturated rings. The zero-order valence-corrected chi connectivity index (χ0v) is 12.8. The minimum absolute atomic E-state index is 0.0921. The Labute approximate surface area is 128 Å². The Morgan fingerprint density at radius 3 is 2.70 bits per heavy atom. The molecule has 1 aromatic carbocycles. The molecule has 6 heteroatoms. The molecule has 0 aliphatic rings. The maximum Gasteiger partial charge on any atom is 0.0928 e. The predicted octanol–water partition coefficient (Wildman–Crippen LogP) is 3.41. The summed E-state index contributed by atoms with van der Waals surface area (Å²) >= 11 is 11.9. The number of aromatic amines is 1. The van der Waals surface area contributed by atoms with Crippen LogP contribution in [0, 0.1) is 6.92 Å². The zero-order chi connectivity index (χ0) is 14.7. The second-order valence-corrected chi connectivity index (χ2v) is 5.61. The van der Waals surface area contributed by atoms with Crippen molar-refractivity contribution < 1.29 is 5.11 Å². The number of nitrogens with one attached hydrogen (secondary N) is 2. The van der Waals surface area contributed by atoms with Crippen molar-refractivity contribution >= 4 is 23.2 Å². The van der Waals surface area contributed by atoms with E-state index in [9.17, 15) is 5.11 Å². The summed E-state index contributed by atoms with van der Waals surface area (Å²) < 4.78 is 0. The van der Waals surface area contributed by atoms with Gasteiger partial charge in [-0.2, -0.15) is 5.10 Å². The number of nitrogens with zero attached hydrogens (tertiary/aromatic N) is 1. The highest BCUT2D eigenvalue weighted by atomic mass is 35.5. The third kappa shape index (κ3) is 3.52. The van der Waals surface area contributed by atoms with Gasteiger partial charge in [0.1, 0.15) is 0 Å². The molecule has 1 aromatic heterocycles. The Kier molecular flexibility index (Phi) is 5.05. The van der Waals surface area contributed by atoms with Crippen LogP contribution in [-0.4, -0.2) is 21.8 Å². The molecule has 0 saturated heterocycles. The van der Waals surface area contributed by atoms with Crippen LogP contribution in [0.5, 0.6) is 0 Å². The fourth-order valence-corrected chi connectivity index (χ4v) is 2.61. The van der Waals surface area contributed by atoms with Gasteiger partial charge in [0.25, 0.3) is 0 Å². The first-order valence-electron chi connectivity index (χ1n) is 6.35. The number of hydrogen-bond donors (Lipinski definition) is 3. The SMILES string of the molecule is Cc1[nH]ncc1C(C)NCC(O)c1ccc(Cl)cc1Cl. The van der Waals surface area contributed by atoms with E-state index in [1.165, 1.54) is 0 Å². The molecular weight excluding hydrogens is 297 g/mol. The van der Waals surface area contributed by atoms with Crippen molar-refractivity contribution in [2.24, 2.45) is 0 Å². The van der Waals surface area contributed by atoms with E-state index in [-0.39, 0.29) is 6.04 Å². The fourth-order valence-electron chi connectivity index (χ4n) is 2.08. The van der Waals surface area contributed by atoms with E-state index in [0.29, 0.717) is 22.2 Å². The molecule has 0 saturated carbocycles. The average Bonchev–Trinajstić information content (AvgIpc) is 2.82. The normalized spacial score (nSPS) is 14.2. The summed E-state index contributed by atoms with van der Waals surface area (Å²) in [6.45, 7) is 4.38. The summed E-state index contributed by atoms with van der Waals surface area (Å²) in [6.07, 6.45) is 1.10. The van der Waals surface area contributed by atoms with Crippen LogP contribution < -0.4 is 5.32 Å². The maximum absolute atomic E-state index is 10.2. The smallest absolute Gasteiger partial charge is 0.0928 e. The number of H-pyrrole nitrogens is 1. The highest BCUT2D eigenvalue weighted by Gasteiger charge is 2.15. The van der Waals surface area contributed by atoms with E-state index in [1.54, 1.807) is 24.4 Å². The molecule has 20 heavy (non-hydrogen) atoms. The molecule has 2 unspecified atom stereocenters. The van der Waals surface area contributed by atoms with E-state index < -0.39 is 6.10 Å². The molecule has 0 radical (unpaired) electrons. The molecule has 0 spiro atoms. The lowest BCUT2D eigenvalue weighted by Crippen LogP contribution is -2.25. The first-order chi connectivity index (χ1) is 9.49. The minimum atomic E-state index is -0.686. The van der Waals surface area contributed by atoms with Crippen LogP contribution in [0.15, 0.2) is 24.4 Å². The molecular formula is C14H17Cl2N3O. The lowest BCUT2D eigenvalue weighted by Gasteiger charge is -2.18. The standard InChI is InChI=1S/C14H17Cl2N3O/c1-8(12-6-18-19-9(12)2)17-7-14(20)11-4-3-10(15)5-13(11)16/h3-6,8,14,17,20H,7H2,1-2H3,(H,18,19). The van der Waals surface area contributed by atoms with Crippen LogP contribution in [0.25, 0.3) is 0 Å². The van der Waals surface area contributed by atoms with Crippen LogP contribution >= 0.6 is 23.2 Å². The molecule has 108 valence electrons. The molecule has 4 nitrogen and oxygen atoms in total. The lowest BCUT2D eigenvalue weighted by atomic mass is 10.1. The Morgan fingerprint density at radius 2 is 2.10 bits per heavy atom. The summed E-state index contributed by atoms with van der Waals surface area (Å²) in [6, 6.07) is 5.18. The number of halogens is 2. The Bertz CT molecular complexity index is 586. The van der Waals surface area contributed by atoms with Gasteiger partial charge in [-0.15, -0.1) is 0 Å². The minimum Gasteiger partial charge on any atom is -0.387 e. The predicted molar refractivity (Wildman–Crippen MR) is 81.2 cm³/mol. The van der Waals surface area contributed by atoms with E-state index in [0.717, 1.165) is 11.3 Å². The quantitative estimate of drug-likeness (QED) is 0.792. The molecule has 0 aliphatic carbocycles. The average molecular weight is 314 g/mol. The van der Waals surface area contributed by atoms with Gasteiger partial charge in [-0.3, -0.25) is 5.10 Å². The maximum atomic E-state index is 10.2. The molecule has 0 aliphatic heterocycles. The van der Waals surface area contributed by atoms with E-state index in [4.69, 9.17) is 23.2 Å². The summed E-state index contributed by atoms with van der Waals surface area (Å²) in [7, 11) is 0. The van der Waals surface area contributed by atoms with Gasteiger partial charge in [0, 0.05) is 39.5 Å². The van der Waals surface area contributed by atoms with E-state index in [1.807, 2.05) is 13.8 Å². The van der Waals surface area contributed by atoms with Crippen molar-refractivity contribution in [1.82, 2.24) is 15.5 Å². The van der Waals surface area contributed by atoms with Gasteiger partial charge >= 0.3 is 0 Å². The highest BCUT2D eigenvalue weighted by molar-refractivity contribution is 6.35. The number of rotatable bonds is 5. The summed E-state index contributed by atoms with van der Waals surface area (Å²) in [5, 5.41) is 21.4. The van der Waals surface area contributed by atoms with Crippen molar-refractivity contribution in [1.29, 1.82) is 0 Å². The third-order valence-corrected chi connectivity index (χ3v) is 3.84. The number of hydrogen-bond acceptors (Lipinski definition) is 3. The highest BCUT2D eigenvalue weighted by Crippen LogP contribution is 2.26. The summed E-state index contributed by atoms with van der Waals surface area (Å²) in [5.74, 6) is 0. The Hall–Kier alpha value is -1.07. The second-order valence-electron chi connectivity index (χ2n) is 4.76. The molecule has 0 amide bonds. The second kappa shape index (κ2) is 6.59. The van der Waals surface area contributed by atoms with Crippen LogP contribution in [0.3, 0.4) is 0 Å². The fraction of sp³-hybridized carbons (Fsp3) is 0.357. The van der Waals surface area contributed by atoms with Crippen LogP contribution in [0.1, 0.15) is 35.9 Å². The topological polar surface area (TPSA) is 60.9 Å². The molecule has 2 aromatic rings. The molecule has 2 atom stereocenters. The van der Waals surface area contributed by atoms with Gasteiger partial charge in [-0.1, -0.05) is 29.3 Å². The van der Waals surface area contributed by atoms with Crippen molar-refractivity contribution in [3.63, 3.8) is 0 Å². The van der Waals surface area contributed by atoms with Crippen molar-refractivity contribution in [2.45, 2.75) is 26.0 Å². The molecule has 3 N–H and O–H groups in total. The van der Waals surface area contributed by atoms with Crippen LogP contribution in [0.4, 0.5) is 0 Å². The number of aliphatic hydroxyl groups excluding tert-OH is 1. The van der Waals surface area contributed by atoms with Gasteiger partial charge in [0.15, 0.2) is 0 Å². The number of aromatic nitrogens is 2. The zero-order valence-electron chi connectivity index (χ0n) is 11.3. The van der Waals surface area contributed by atoms with E-state index >= 15 is 0 Å². The van der Waals surface area contributed by atoms with Crippen LogP contribution in [0.2, 0.25) is 10.0 Å². The van der Waals surface area contributed by atoms with Crippen molar-refractivity contribution in [3.05, 3.63) is 51.3 Å². The number of aliphatic hydroxyl groups is 1. The van der Waals surface area contributed by atoms with Gasteiger partial charge < -0.3 is 10.4 Å². The molecule has 2 rings (SSSR count). The monoisotopic (exact) mass is 313 g/mol. The first kappa shape index (κ1) is 15.3. The molecule has 1 heterocycles. The lowest BCUT2D eigenvalue weighted by molar-refractivity contribution is 0.171. The first-order valence-corrected chi connectivity index (χ1v) is 7.11. The number of aryl methyl sites for hydroxylation is 1. The number of benzene rings is 1. The van der Waals surface area contributed by atoms with Gasteiger partial charge in [0.2, 0.25) is 0 Å². The Morgan fingerprint density at radius 1 is 1.35 bits per heavy atom. The van der Waals surface area contributed by atoms with Gasteiger partial charge in [0.05, 0.1) is 12.3 Å². The van der Waals surface area contributed by atoms with E-state index in [2.05, 4.69) is 15.5 Å².